The Morgan fingerprint density at radius 2 is 2.07 bits per heavy atom. The summed E-state index contributed by atoms with van der Waals surface area (Å²) in [5.74, 6) is 0.339. The third-order valence-electron chi connectivity index (χ3n) is 4.73. The van der Waals surface area contributed by atoms with Gasteiger partial charge in [-0.2, -0.15) is 0 Å². The summed E-state index contributed by atoms with van der Waals surface area (Å²) in [6, 6.07) is 12.4. The van der Waals surface area contributed by atoms with E-state index in [2.05, 4.69) is 27.0 Å². The lowest BCUT2D eigenvalue weighted by Crippen LogP contribution is -2.39. The smallest absolute Gasteiger partial charge is 0.164 e. The van der Waals surface area contributed by atoms with E-state index in [1.807, 2.05) is 25.1 Å². The van der Waals surface area contributed by atoms with E-state index in [1.54, 1.807) is 17.0 Å². The second kappa shape index (κ2) is 7.22. The van der Waals surface area contributed by atoms with Crippen LogP contribution in [0.4, 0.5) is 10.1 Å². The SMILES string of the molecule is Cc1cccc(CSC2=N[C@H]3CS(=O)(=O)C[C@H]3N2c2ccc(Br)cc2F)c1. The quantitative estimate of drug-likeness (QED) is 0.677. The average molecular weight is 469 g/mol. The molecule has 4 nitrogen and oxygen atoms in total. The molecule has 1 saturated heterocycles. The Bertz CT molecular complexity index is 1030. The van der Waals surface area contributed by atoms with Gasteiger partial charge in [0.2, 0.25) is 0 Å². The molecule has 0 bridgehead atoms. The van der Waals surface area contributed by atoms with Crippen molar-refractivity contribution < 1.29 is 12.8 Å². The number of aryl methyl sites for hydroxylation is 1. The van der Waals surface area contributed by atoms with E-state index in [1.165, 1.54) is 23.4 Å². The van der Waals surface area contributed by atoms with Gasteiger partial charge in [-0.25, -0.2) is 12.8 Å². The Morgan fingerprint density at radius 3 is 2.81 bits per heavy atom. The first-order chi connectivity index (χ1) is 12.8. The number of nitrogens with zero attached hydrogens (tertiary/aromatic N) is 2. The van der Waals surface area contributed by atoms with Crippen molar-refractivity contribution in [2.24, 2.45) is 4.99 Å². The molecule has 2 aliphatic heterocycles. The van der Waals surface area contributed by atoms with Crippen LogP contribution in [0.15, 0.2) is 51.9 Å². The molecule has 27 heavy (non-hydrogen) atoms. The minimum Gasteiger partial charge on any atom is -0.312 e. The summed E-state index contributed by atoms with van der Waals surface area (Å²) in [4.78, 5) is 6.43. The topological polar surface area (TPSA) is 49.7 Å². The first kappa shape index (κ1) is 19.0. The van der Waals surface area contributed by atoms with Gasteiger partial charge in [0.05, 0.1) is 29.3 Å². The maximum absolute atomic E-state index is 14.7. The molecule has 0 amide bonds. The van der Waals surface area contributed by atoms with Crippen molar-refractivity contribution in [3.8, 4) is 0 Å². The highest BCUT2D eigenvalue weighted by molar-refractivity contribution is 9.10. The zero-order chi connectivity index (χ0) is 19.2. The van der Waals surface area contributed by atoms with Crippen LogP contribution in [-0.4, -0.2) is 37.2 Å². The number of hydrogen-bond acceptors (Lipinski definition) is 5. The highest BCUT2D eigenvalue weighted by Crippen LogP contribution is 2.37. The molecule has 2 aromatic rings. The van der Waals surface area contributed by atoms with Crippen LogP contribution in [0.1, 0.15) is 11.1 Å². The summed E-state index contributed by atoms with van der Waals surface area (Å²) in [6.45, 7) is 2.04. The van der Waals surface area contributed by atoms with Gasteiger partial charge in [-0.05, 0) is 30.7 Å². The van der Waals surface area contributed by atoms with Gasteiger partial charge in [-0.1, -0.05) is 57.5 Å². The van der Waals surface area contributed by atoms with E-state index in [0.29, 0.717) is 21.1 Å². The van der Waals surface area contributed by atoms with Gasteiger partial charge < -0.3 is 4.90 Å². The van der Waals surface area contributed by atoms with Crippen LogP contribution in [0.3, 0.4) is 0 Å². The molecule has 0 aromatic heterocycles. The van der Waals surface area contributed by atoms with Crippen molar-refractivity contribution >= 4 is 48.4 Å². The Hall–Kier alpha value is -1.38. The minimum absolute atomic E-state index is 0.00513. The highest BCUT2D eigenvalue weighted by atomic mass is 79.9. The standard InChI is InChI=1S/C19H18BrFN2O2S2/c1-12-3-2-4-13(7-12)9-26-19-22-16-10-27(24,25)11-18(16)23(19)17-6-5-14(20)8-15(17)21/h2-8,16,18H,9-11H2,1H3/t16-,18+/m0/s1. The molecular weight excluding hydrogens is 451 g/mol. The number of rotatable bonds is 3. The van der Waals surface area contributed by atoms with Gasteiger partial charge in [-0.15, -0.1) is 0 Å². The normalized spacial score (nSPS) is 23.4. The number of halogens is 2. The Balaban J connectivity index is 1.65. The third-order valence-corrected chi connectivity index (χ3v) is 7.96. The molecule has 8 heteroatoms. The average Bonchev–Trinajstić information content (AvgIpc) is 3.05. The Morgan fingerprint density at radius 1 is 1.26 bits per heavy atom. The number of aliphatic imine (C=N–C) groups is 1. The molecule has 0 N–H and O–H groups in total. The fourth-order valence-electron chi connectivity index (χ4n) is 3.54. The maximum Gasteiger partial charge on any atom is 0.164 e. The largest absolute Gasteiger partial charge is 0.312 e. The van der Waals surface area contributed by atoms with Crippen molar-refractivity contribution in [3.63, 3.8) is 0 Å². The van der Waals surface area contributed by atoms with Crippen LogP contribution in [0.25, 0.3) is 0 Å². The highest BCUT2D eigenvalue weighted by Gasteiger charge is 2.47. The van der Waals surface area contributed by atoms with Crippen molar-refractivity contribution in [1.29, 1.82) is 0 Å². The van der Waals surface area contributed by atoms with E-state index in [4.69, 9.17) is 0 Å². The Labute approximate surface area is 170 Å². The molecule has 1 fully saturated rings. The summed E-state index contributed by atoms with van der Waals surface area (Å²) in [7, 11) is -3.15. The molecule has 0 unspecified atom stereocenters. The van der Waals surface area contributed by atoms with Gasteiger partial charge >= 0.3 is 0 Å². The fourth-order valence-corrected chi connectivity index (χ4v) is 6.78. The molecule has 2 aliphatic rings. The first-order valence-corrected chi connectivity index (χ1v) is 12.1. The van der Waals surface area contributed by atoms with Crippen molar-refractivity contribution in [2.45, 2.75) is 24.8 Å². The van der Waals surface area contributed by atoms with Crippen molar-refractivity contribution in [2.75, 3.05) is 16.4 Å². The Kier molecular flexibility index (Phi) is 5.07. The lowest BCUT2D eigenvalue weighted by molar-refractivity contribution is 0.600. The van der Waals surface area contributed by atoms with Crippen molar-refractivity contribution in [1.82, 2.24) is 0 Å². The second-order valence-electron chi connectivity index (χ2n) is 6.87. The number of hydrogen-bond donors (Lipinski definition) is 0. The maximum atomic E-state index is 14.7. The first-order valence-electron chi connectivity index (χ1n) is 8.53. The summed E-state index contributed by atoms with van der Waals surface area (Å²) in [5, 5.41) is 0.683. The number of amidine groups is 1. The number of sulfone groups is 1. The van der Waals surface area contributed by atoms with E-state index < -0.39 is 15.7 Å². The number of thioether (sulfide) groups is 1. The number of anilines is 1. The summed E-state index contributed by atoms with van der Waals surface area (Å²) < 4.78 is 39.5. The molecule has 2 heterocycles. The lowest BCUT2D eigenvalue weighted by atomic mass is 10.1. The van der Waals surface area contributed by atoms with Crippen LogP contribution in [-0.2, 0) is 15.6 Å². The summed E-state index contributed by atoms with van der Waals surface area (Å²) in [6.07, 6.45) is 0. The van der Waals surface area contributed by atoms with Crippen molar-refractivity contribution in [3.05, 3.63) is 63.9 Å². The van der Waals surface area contributed by atoms with E-state index in [-0.39, 0.29) is 23.6 Å². The molecule has 0 radical (unpaired) electrons. The monoisotopic (exact) mass is 468 g/mol. The third kappa shape index (κ3) is 3.93. The lowest BCUT2D eigenvalue weighted by Gasteiger charge is -2.27. The van der Waals surface area contributed by atoms with Gasteiger partial charge in [0, 0.05) is 10.2 Å². The number of fused-ring (bicyclic) bond motifs is 1. The van der Waals surface area contributed by atoms with Gasteiger partial charge in [-0.3, -0.25) is 4.99 Å². The molecule has 2 atom stereocenters. The second-order valence-corrected chi connectivity index (χ2v) is 10.9. The van der Waals surface area contributed by atoms with E-state index in [0.717, 1.165) is 5.56 Å². The minimum atomic E-state index is -3.15. The molecule has 0 saturated carbocycles. The van der Waals surface area contributed by atoms with Crippen LogP contribution >= 0.6 is 27.7 Å². The summed E-state index contributed by atoms with van der Waals surface area (Å²) in [5.41, 5.74) is 2.71. The molecule has 0 spiro atoms. The van der Waals surface area contributed by atoms with Crippen LogP contribution in [0.5, 0.6) is 0 Å². The number of benzene rings is 2. The van der Waals surface area contributed by atoms with Crippen LogP contribution < -0.4 is 4.90 Å². The summed E-state index contributed by atoms with van der Waals surface area (Å²) >= 11 is 4.79. The predicted molar refractivity (Wildman–Crippen MR) is 113 cm³/mol. The van der Waals surface area contributed by atoms with Crippen LogP contribution in [0.2, 0.25) is 0 Å². The molecular formula is C19H18BrFN2O2S2. The zero-order valence-electron chi connectivity index (χ0n) is 14.6. The van der Waals surface area contributed by atoms with Gasteiger partial charge in [0.1, 0.15) is 5.82 Å². The van der Waals surface area contributed by atoms with E-state index in [9.17, 15) is 12.8 Å². The van der Waals surface area contributed by atoms with Crippen LogP contribution in [0, 0.1) is 12.7 Å². The fraction of sp³-hybridized carbons (Fsp3) is 0.316. The zero-order valence-corrected chi connectivity index (χ0v) is 17.8. The molecule has 0 aliphatic carbocycles. The molecule has 142 valence electrons. The predicted octanol–water partition coefficient (Wildman–Crippen LogP) is 4.17. The molecule has 2 aromatic carbocycles. The molecule has 4 rings (SSSR count). The van der Waals surface area contributed by atoms with Gasteiger partial charge in [0.25, 0.3) is 0 Å². The van der Waals surface area contributed by atoms with Gasteiger partial charge in [0.15, 0.2) is 15.0 Å². The van der Waals surface area contributed by atoms with E-state index >= 15 is 0 Å².